The highest BCUT2D eigenvalue weighted by molar-refractivity contribution is 5.55. The molecule has 0 atom stereocenters. The lowest BCUT2D eigenvalue weighted by Gasteiger charge is -2.59. The predicted octanol–water partition coefficient (Wildman–Crippen LogP) is 6.94. The molecule has 8 saturated carbocycles. The first kappa shape index (κ1) is 17.7. The average Bonchev–Trinajstić information content (AvgIpc) is 2.62. The van der Waals surface area contributed by atoms with Crippen molar-refractivity contribution in [2.45, 2.75) is 102 Å². The van der Waals surface area contributed by atoms with Crippen LogP contribution >= 0.6 is 0 Å². The molecule has 9 rings (SSSR count). The molecule has 0 unspecified atom stereocenters. The lowest BCUT2D eigenvalue weighted by molar-refractivity contribution is -0.00927. The highest BCUT2D eigenvalue weighted by Gasteiger charge is 2.55. The largest absolute Gasteiger partial charge is 0.508 e. The Morgan fingerprint density at radius 2 is 1.00 bits per heavy atom. The topological polar surface area (TPSA) is 20.2 Å². The van der Waals surface area contributed by atoms with Gasteiger partial charge in [0.1, 0.15) is 5.75 Å². The van der Waals surface area contributed by atoms with E-state index in [0.29, 0.717) is 16.6 Å². The van der Waals surface area contributed by atoms with E-state index in [-0.39, 0.29) is 0 Å². The zero-order valence-corrected chi connectivity index (χ0v) is 18.5. The van der Waals surface area contributed by atoms with E-state index < -0.39 is 0 Å². The number of aromatic hydroxyl groups is 1. The van der Waals surface area contributed by atoms with Crippen LogP contribution in [0.15, 0.2) is 6.07 Å². The van der Waals surface area contributed by atoms with Crippen LogP contribution < -0.4 is 0 Å². The van der Waals surface area contributed by atoms with Crippen molar-refractivity contribution >= 4 is 0 Å². The molecule has 8 bridgehead atoms. The zero-order chi connectivity index (χ0) is 19.5. The van der Waals surface area contributed by atoms with E-state index in [0.717, 1.165) is 35.5 Å². The summed E-state index contributed by atoms with van der Waals surface area (Å²) in [5, 5.41) is 11.2. The Kier molecular flexibility index (Phi) is 3.43. The van der Waals surface area contributed by atoms with E-state index in [2.05, 4.69) is 19.9 Å². The Morgan fingerprint density at radius 1 is 0.621 bits per heavy atom. The van der Waals surface area contributed by atoms with Crippen molar-refractivity contribution < 1.29 is 5.11 Å². The number of rotatable bonds is 2. The Balaban J connectivity index is 1.39. The first-order valence-corrected chi connectivity index (χ1v) is 12.8. The van der Waals surface area contributed by atoms with Gasteiger partial charge in [-0.3, -0.25) is 0 Å². The third-order valence-electron chi connectivity index (χ3n) is 11.0. The minimum absolute atomic E-state index is 0.388. The number of hydrogen-bond donors (Lipinski definition) is 1. The van der Waals surface area contributed by atoms with Crippen molar-refractivity contribution in [2.75, 3.05) is 0 Å². The molecule has 8 aliphatic carbocycles. The second kappa shape index (κ2) is 5.63. The van der Waals surface area contributed by atoms with Gasteiger partial charge in [0.15, 0.2) is 0 Å². The molecule has 1 nitrogen and oxygen atoms in total. The number of hydrogen-bond acceptors (Lipinski definition) is 1. The van der Waals surface area contributed by atoms with E-state index >= 15 is 0 Å². The third kappa shape index (κ3) is 2.34. The molecule has 1 aromatic rings. The van der Waals surface area contributed by atoms with Crippen molar-refractivity contribution in [3.05, 3.63) is 28.3 Å². The van der Waals surface area contributed by atoms with Crippen LogP contribution in [0, 0.1) is 49.4 Å². The van der Waals surface area contributed by atoms with E-state index in [1.54, 1.807) is 16.7 Å². The minimum Gasteiger partial charge on any atom is -0.508 e. The summed E-state index contributed by atoms with van der Waals surface area (Å²) < 4.78 is 0. The standard InChI is InChI=1S/C28H38O/c1-16-24(27-10-18-3-19(11-27)5-20(4-18)12-27)9-25(29)17(2)26(16)28-13-21-6-22(14-28)8-23(7-21)15-28/h9,18-23,29H,3-8,10-15H2,1-2H3. The lowest BCUT2D eigenvalue weighted by atomic mass is 9.45. The molecule has 0 saturated heterocycles. The molecule has 0 amide bonds. The van der Waals surface area contributed by atoms with Crippen LogP contribution in [0.1, 0.15) is 99.3 Å². The second-order valence-corrected chi connectivity index (χ2v) is 13.0. The van der Waals surface area contributed by atoms with Gasteiger partial charge in [-0.15, -0.1) is 0 Å². The van der Waals surface area contributed by atoms with Crippen molar-refractivity contribution in [1.82, 2.24) is 0 Å². The first-order chi connectivity index (χ1) is 13.9. The SMILES string of the molecule is Cc1c(O)cc(C23CC4CC(CC(C4)C2)C3)c(C)c1C12CC3CC(CC(C3)C1)C2. The Morgan fingerprint density at radius 3 is 1.41 bits per heavy atom. The molecule has 1 N–H and O–H groups in total. The molecular weight excluding hydrogens is 352 g/mol. The Labute approximate surface area is 176 Å². The summed E-state index contributed by atoms with van der Waals surface area (Å²) in [7, 11) is 0. The fourth-order valence-corrected chi connectivity index (χ4v) is 11.1. The summed E-state index contributed by atoms with van der Waals surface area (Å²) in [4.78, 5) is 0. The summed E-state index contributed by atoms with van der Waals surface area (Å²) in [5.41, 5.74) is 6.84. The van der Waals surface area contributed by atoms with Crippen LogP contribution in [-0.2, 0) is 10.8 Å². The minimum atomic E-state index is 0.388. The van der Waals surface area contributed by atoms with Crippen LogP contribution in [0.25, 0.3) is 0 Å². The molecule has 8 fully saturated rings. The average molecular weight is 391 g/mol. The second-order valence-electron chi connectivity index (χ2n) is 13.0. The van der Waals surface area contributed by atoms with Crippen LogP contribution in [0.2, 0.25) is 0 Å². The fraction of sp³-hybridized carbons (Fsp3) is 0.786. The molecule has 0 radical (unpaired) electrons. The Hall–Kier alpha value is -0.980. The Bertz CT molecular complexity index is 806. The van der Waals surface area contributed by atoms with Gasteiger partial charge in [-0.2, -0.15) is 0 Å². The van der Waals surface area contributed by atoms with E-state index in [9.17, 15) is 5.11 Å². The lowest BCUT2D eigenvalue weighted by Crippen LogP contribution is -2.50. The highest BCUT2D eigenvalue weighted by Crippen LogP contribution is 2.65. The summed E-state index contributed by atoms with van der Waals surface area (Å²) in [6, 6.07) is 2.25. The van der Waals surface area contributed by atoms with Crippen LogP contribution in [0.3, 0.4) is 0 Å². The maximum absolute atomic E-state index is 11.2. The highest BCUT2D eigenvalue weighted by atomic mass is 16.3. The van der Waals surface area contributed by atoms with Gasteiger partial charge in [0, 0.05) is 0 Å². The smallest absolute Gasteiger partial charge is 0.119 e. The monoisotopic (exact) mass is 390 g/mol. The van der Waals surface area contributed by atoms with Crippen LogP contribution in [0.4, 0.5) is 0 Å². The van der Waals surface area contributed by atoms with E-state index in [4.69, 9.17) is 0 Å². The van der Waals surface area contributed by atoms with Gasteiger partial charge < -0.3 is 5.11 Å². The van der Waals surface area contributed by atoms with Gasteiger partial charge in [0.25, 0.3) is 0 Å². The number of phenols is 1. The van der Waals surface area contributed by atoms with Gasteiger partial charge >= 0.3 is 0 Å². The number of phenolic OH excluding ortho intramolecular Hbond substituents is 1. The molecule has 1 aromatic carbocycles. The zero-order valence-electron chi connectivity index (χ0n) is 18.5. The molecule has 156 valence electrons. The molecule has 1 heteroatoms. The van der Waals surface area contributed by atoms with Crippen molar-refractivity contribution in [3.63, 3.8) is 0 Å². The number of benzene rings is 1. The first-order valence-electron chi connectivity index (χ1n) is 12.8. The van der Waals surface area contributed by atoms with Gasteiger partial charge in [0.2, 0.25) is 0 Å². The van der Waals surface area contributed by atoms with E-state index in [1.165, 1.54) is 82.6 Å². The molecule has 29 heavy (non-hydrogen) atoms. The molecule has 0 heterocycles. The summed E-state index contributed by atoms with van der Waals surface area (Å²) in [6.45, 7) is 4.70. The maximum atomic E-state index is 11.2. The van der Waals surface area contributed by atoms with Gasteiger partial charge in [-0.25, -0.2) is 0 Å². The van der Waals surface area contributed by atoms with Crippen molar-refractivity contribution in [3.8, 4) is 5.75 Å². The summed E-state index contributed by atoms with van der Waals surface area (Å²) >= 11 is 0. The molecule has 0 aliphatic heterocycles. The molecular formula is C28H38O. The molecule has 0 spiro atoms. The predicted molar refractivity (Wildman–Crippen MR) is 117 cm³/mol. The van der Waals surface area contributed by atoms with Crippen LogP contribution in [0.5, 0.6) is 5.75 Å². The molecule has 8 aliphatic rings. The van der Waals surface area contributed by atoms with Crippen molar-refractivity contribution in [1.29, 1.82) is 0 Å². The molecule has 0 aromatic heterocycles. The van der Waals surface area contributed by atoms with Crippen LogP contribution in [-0.4, -0.2) is 5.11 Å². The van der Waals surface area contributed by atoms with Gasteiger partial charge in [-0.1, -0.05) is 0 Å². The third-order valence-corrected chi connectivity index (χ3v) is 11.0. The van der Waals surface area contributed by atoms with Gasteiger partial charge in [-0.05, 0) is 166 Å². The maximum Gasteiger partial charge on any atom is 0.119 e. The van der Waals surface area contributed by atoms with Crippen molar-refractivity contribution in [2.24, 2.45) is 35.5 Å². The van der Waals surface area contributed by atoms with E-state index in [1.807, 2.05) is 0 Å². The summed E-state index contributed by atoms with van der Waals surface area (Å²) in [6.07, 6.45) is 17.4. The fourth-order valence-electron chi connectivity index (χ4n) is 11.1. The normalized spacial score (nSPS) is 49.2. The quantitative estimate of drug-likeness (QED) is 0.579. The van der Waals surface area contributed by atoms with Gasteiger partial charge in [0.05, 0.1) is 0 Å². The summed E-state index contributed by atoms with van der Waals surface area (Å²) in [5.74, 6) is 6.40.